The van der Waals surface area contributed by atoms with Crippen LogP contribution in [0.4, 0.5) is 5.69 Å². The molecule has 3 rings (SSSR count). The van der Waals surface area contributed by atoms with E-state index in [-0.39, 0.29) is 6.04 Å². The molecule has 98 valence electrons. The van der Waals surface area contributed by atoms with E-state index >= 15 is 0 Å². The van der Waals surface area contributed by atoms with Crippen LogP contribution in [0.3, 0.4) is 0 Å². The van der Waals surface area contributed by atoms with Gasteiger partial charge in [-0.1, -0.05) is 43.3 Å². The molecule has 19 heavy (non-hydrogen) atoms. The molecule has 1 unspecified atom stereocenters. The Bertz CT molecular complexity index is 565. The monoisotopic (exact) mass is 253 g/mol. The molecule has 0 aliphatic carbocycles. The van der Waals surface area contributed by atoms with Crippen molar-refractivity contribution in [1.82, 2.24) is 0 Å². The van der Waals surface area contributed by atoms with Crippen molar-refractivity contribution >= 4 is 5.69 Å². The molecule has 1 aliphatic heterocycles. The van der Waals surface area contributed by atoms with Crippen molar-refractivity contribution in [2.45, 2.75) is 26.0 Å². The Balaban J connectivity index is 1.84. The second-order valence-corrected chi connectivity index (χ2v) is 4.96. The van der Waals surface area contributed by atoms with Crippen LogP contribution in [0.5, 0.6) is 0 Å². The second-order valence-electron chi connectivity index (χ2n) is 4.96. The molecule has 2 nitrogen and oxygen atoms in total. The number of anilines is 1. The van der Waals surface area contributed by atoms with E-state index in [0.29, 0.717) is 0 Å². The summed E-state index contributed by atoms with van der Waals surface area (Å²) in [5, 5.41) is 3.59. The molecular formula is C17H19NO. The zero-order valence-corrected chi connectivity index (χ0v) is 11.2. The average molecular weight is 253 g/mol. The number of rotatable bonds is 3. The van der Waals surface area contributed by atoms with Crippen molar-refractivity contribution in [1.29, 1.82) is 0 Å². The summed E-state index contributed by atoms with van der Waals surface area (Å²) in [5.74, 6) is 0. The third-order valence-electron chi connectivity index (χ3n) is 3.65. The van der Waals surface area contributed by atoms with Gasteiger partial charge in [-0.15, -0.1) is 0 Å². The summed E-state index contributed by atoms with van der Waals surface area (Å²) in [6.45, 7) is 3.63. The van der Waals surface area contributed by atoms with E-state index in [2.05, 4.69) is 60.8 Å². The number of ether oxygens (including phenoxy) is 1. The minimum atomic E-state index is 0.247. The van der Waals surface area contributed by atoms with Crippen LogP contribution in [-0.4, -0.2) is 6.61 Å². The van der Waals surface area contributed by atoms with Crippen molar-refractivity contribution in [3.8, 4) is 0 Å². The number of hydrogen-bond donors (Lipinski definition) is 1. The molecule has 1 atom stereocenters. The minimum absolute atomic E-state index is 0.247. The quantitative estimate of drug-likeness (QED) is 0.894. The van der Waals surface area contributed by atoms with Crippen LogP contribution in [0.1, 0.15) is 29.7 Å². The Kier molecular flexibility index (Phi) is 3.51. The van der Waals surface area contributed by atoms with Gasteiger partial charge in [0.1, 0.15) is 0 Å². The Morgan fingerprint density at radius 3 is 2.95 bits per heavy atom. The summed E-state index contributed by atoms with van der Waals surface area (Å²) in [6, 6.07) is 17.4. The highest BCUT2D eigenvalue weighted by Gasteiger charge is 2.19. The van der Waals surface area contributed by atoms with Crippen LogP contribution in [-0.2, 0) is 17.8 Å². The van der Waals surface area contributed by atoms with E-state index < -0.39 is 0 Å². The van der Waals surface area contributed by atoms with Gasteiger partial charge in [0.25, 0.3) is 0 Å². The molecule has 1 heterocycles. The lowest BCUT2D eigenvalue weighted by Gasteiger charge is -2.27. The summed E-state index contributed by atoms with van der Waals surface area (Å²) in [4.78, 5) is 0. The largest absolute Gasteiger partial charge is 0.376 e. The van der Waals surface area contributed by atoms with Crippen LogP contribution in [0.15, 0.2) is 48.5 Å². The zero-order valence-electron chi connectivity index (χ0n) is 11.2. The molecule has 0 radical (unpaired) electrons. The fourth-order valence-corrected chi connectivity index (χ4v) is 2.58. The maximum atomic E-state index is 5.67. The van der Waals surface area contributed by atoms with Gasteiger partial charge in [0.2, 0.25) is 0 Å². The summed E-state index contributed by atoms with van der Waals surface area (Å²) in [7, 11) is 0. The van der Waals surface area contributed by atoms with E-state index in [1.807, 2.05) is 0 Å². The second kappa shape index (κ2) is 5.45. The molecule has 0 amide bonds. The summed E-state index contributed by atoms with van der Waals surface area (Å²) < 4.78 is 5.67. The SMILES string of the molecule is CCc1cccc(NC2COCc3ccccc32)c1. The predicted octanol–water partition coefficient (Wildman–Crippen LogP) is 3.93. The van der Waals surface area contributed by atoms with Gasteiger partial charge < -0.3 is 10.1 Å². The van der Waals surface area contributed by atoms with Crippen molar-refractivity contribution in [3.63, 3.8) is 0 Å². The van der Waals surface area contributed by atoms with Crippen molar-refractivity contribution in [2.24, 2.45) is 0 Å². The van der Waals surface area contributed by atoms with Crippen molar-refractivity contribution in [2.75, 3.05) is 11.9 Å². The fraction of sp³-hybridized carbons (Fsp3) is 0.294. The molecule has 2 aromatic rings. The first-order valence-corrected chi connectivity index (χ1v) is 6.88. The first kappa shape index (κ1) is 12.2. The minimum Gasteiger partial charge on any atom is -0.376 e. The van der Waals surface area contributed by atoms with Gasteiger partial charge >= 0.3 is 0 Å². The number of fused-ring (bicyclic) bond motifs is 1. The molecule has 0 bridgehead atoms. The lowest BCUT2D eigenvalue weighted by Crippen LogP contribution is -2.23. The molecule has 0 aromatic heterocycles. The number of hydrogen-bond acceptors (Lipinski definition) is 2. The third-order valence-corrected chi connectivity index (χ3v) is 3.65. The zero-order chi connectivity index (χ0) is 13.1. The maximum absolute atomic E-state index is 5.67. The van der Waals surface area contributed by atoms with Gasteiger partial charge in [-0.2, -0.15) is 0 Å². The van der Waals surface area contributed by atoms with Gasteiger partial charge in [0, 0.05) is 5.69 Å². The standard InChI is InChI=1S/C17H19NO/c1-2-13-6-5-8-15(10-13)18-17-12-19-11-14-7-3-4-9-16(14)17/h3-10,17-18H,2,11-12H2,1H3. The maximum Gasteiger partial charge on any atom is 0.0751 e. The van der Waals surface area contributed by atoms with E-state index in [1.54, 1.807) is 0 Å². The smallest absolute Gasteiger partial charge is 0.0751 e. The van der Waals surface area contributed by atoms with Crippen LogP contribution in [0.25, 0.3) is 0 Å². The van der Waals surface area contributed by atoms with Crippen LogP contribution < -0.4 is 5.32 Å². The Morgan fingerprint density at radius 2 is 2.05 bits per heavy atom. The first-order valence-electron chi connectivity index (χ1n) is 6.88. The summed E-state index contributed by atoms with van der Waals surface area (Å²) in [6.07, 6.45) is 1.06. The molecule has 1 aliphatic rings. The van der Waals surface area contributed by atoms with Crippen LogP contribution in [0, 0.1) is 0 Å². The molecule has 1 N–H and O–H groups in total. The first-order chi connectivity index (χ1) is 9.36. The summed E-state index contributed by atoms with van der Waals surface area (Å²) >= 11 is 0. The normalized spacial score (nSPS) is 17.8. The Hall–Kier alpha value is -1.80. The molecular weight excluding hydrogens is 234 g/mol. The average Bonchev–Trinajstić information content (AvgIpc) is 2.48. The van der Waals surface area contributed by atoms with Gasteiger partial charge in [-0.3, -0.25) is 0 Å². The molecule has 0 fully saturated rings. The lowest BCUT2D eigenvalue weighted by atomic mass is 9.98. The fourth-order valence-electron chi connectivity index (χ4n) is 2.58. The third kappa shape index (κ3) is 2.64. The van der Waals surface area contributed by atoms with Crippen molar-refractivity contribution in [3.05, 3.63) is 65.2 Å². The van der Waals surface area contributed by atoms with Gasteiger partial charge in [0.05, 0.1) is 19.3 Å². The van der Waals surface area contributed by atoms with E-state index in [4.69, 9.17) is 4.74 Å². The molecule has 0 spiro atoms. The summed E-state index contributed by atoms with van der Waals surface area (Å²) in [5.41, 5.74) is 5.17. The molecule has 0 saturated carbocycles. The van der Waals surface area contributed by atoms with Gasteiger partial charge in [0.15, 0.2) is 0 Å². The topological polar surface area (TPSA) is 21.3 Å². The molecule has 2 aromatic carbocycles. The highest BCUT2D eigenvalue weighted by molar-refractivity contribution is 5.49. The highest BCUT2D eigenvalue weighted by atomic mass is 16.5. The number of benzene rings is 2. The van der Waals surface area contributed by atoms with E-state index in [0.717, 1.165) is 19.6 Å². The Labute approximate surface area is 114 Å². The number of nitrogens with one attached hydrogen (secondary N) is 1. The Morgan fingerprint density at radius 1 is 1.16 bits per heavy atom. The molecule has 0 saturated heterocycles. The van der Waals surface area contributed by atoms with Crippen LogP contribution in [0.2, 0.25) is 0 Å². The van der Waals surface area contributed by atoms with Crippen LogP contribution >= 0.6 is 0 Å². The number of aryl methyl sites for hydroxylation is 1. The van der Waals surface area contributed by atoms with E-state index in [1.165, 1.54) is 22.4 Å². The van der Waals surface area contributed by atoms with Gasteiger partial charge in [-0.25, -0.2) is 0 Å². The van der Waals surface area contributed by atoms with Crippen molar-refractivity contribution < 1.29 is 4.74 Å². The molecule has 2 heteroatoms. The lowest BCUT2D eigenvalue weighted by molar-refractivity contribution is 0.0970. The van der Waals surface area contributed by atoms with E-state index in [9.17, 15) is 0 Å². The van der Waals surface area contributed by atoms with Gasteiger partial charge in [-0.05, 0) is 35.2 Å². The highest BCUT2D eigenvalue weighted by Crippen LogP contribution is 2.28. The predicted molar refractivity (Wildman–Crippen MR) is 78.3 cm³/mol.